The first-order valence-corrected chi connectivity index (χ1v) is 8.13. The summed E-state index contributed by atoms with van der Waals surface area (Å²) in [5.74, 6) is 0.823. The minimum absolute atomic E-state index is 0. The summed E-state index contributed by atoms with van der Waals surface area (Å²) in [5, 5.41) is 1.06. The zero-order valence-corrected chi connectivity index (χ0v) is 14.9. The zero-order valence-electron chi connectivity index (χ0n) is 14.1. The highest BCUT2D eigenvalue weighted by molar-refractivity contribution is 5.85. The van der Waals surface area contributed by atoms with E-state index in [0.717, 1.165) is 29.6 Å². The van der Waals surface area contributed by atoms with Crippen molar-refractivity contribution in [2.24, 2.45) is 5.73 Å². The second-order valence-corrected chi connectivity index (χ2v) is 5.79. The van der Waals surface area contributed by atoms with E-state index in [1.54, 1.807) is 0 Å². The molecule has 1 aromatic carbocycles. The maximum Gasteiger partial charge on any atom is 0.240 e. The Balaban J connectivity index is 0.00000264. The molecule has 1 heterocycles. The molecule has 5 heteroatoms. The van der Waals surface area contributed by atoms with Crippen molar-refractivity contribution in [2.45, 2.75) is 52.1 Å². The highest BCUT2D eigenvalue weighted by Crippen LogP contribution is 2.28. The molecule has 0 saturated carbocycles. The van der Waals surface area contributed by atoms with E-state index in [9.17, 15) is 4.79 Å². The molecule has 2 unspecified atom stereocenters. The molecule has 0 radical (unpaired) electrons. The van der Waals surface area contributed by atoms with E-state index in [1.807, 2.05) is 49.1 Å². The van der Waals surface area contributed by atoms with Crippen LogP contribution in [0.5, 0.6) is 0 Å². The van der Waals surface area contributed by atoms with Crippen molar-refractivity contribution in [3.8, 4) is 0 Å². The van der Waals surface area contributed by atoms with Gasteiger partial charge in [0, 0.05) is 11.9 Å². The predicted molar refractivity (Wildman–Crippen MR) is 96.8 cm³/mol. The number of carbonyl (C=O) groups excluding carboxylic acids is 1. The molecule has 0 spiro atoms. The summed E-state index contributed by atoms with van der Waals surface area (Å²) in [5.41, 5.74) is 6.88. The van der Waals surface area contributed by atoms with Crippen LogP contribution >= 0.6 is 12.4 Å². The van der Waals surface area contributed by atoms with Gasteiger partial charge in [0.05, 0.1) is 12.1 Å². The third kappa shape index (κ3) is 4.49. The van der Waals surface area contributed by atoms with Crippen LogP contribution in [0.4, 0.5) is 0 Å². The lowest BCUT2D eigenvalue weighted by Gasteiger charge is -2.30. The number of carbonyl (C=O) groups is 1. The third-order valence-electron chi connectivity index (χ3n) is 3.99. The quantitative estimate of drug-likeness (QED) is 0.819. The van der Waals surface area contributed by atoms with Gasteiger partial charge in [-0.2, -0.15) is 0 Å². The number of amides is 1. The van der Waals surface area contributed by atoms with Crippen molar-refractivity contribution in [2.75, 3.05) is 6.54 Å². The second-order valence-electron chi connectivity index (χ2n) is 5.79. The summed E-state index contributed by atoms with van der Waals surface area (Å²) >= 11 is 0. The summed E-state index contributed by atoms with van der Waals surface area (Å²) in [4.78, 5) is 14.5. The zero-order chi connectivity index (χ0) is 16.1. The Morgan fingerprint density at radius 2 is 1.96 bits per heavy atom. The molecule has 2 N–H and O–H groups in total. The number of furan rings is 1. The van der Waals surface area contributed by atoms with Crippen LogP contribution in [0.2, 0.25) is 0 Å². The molecule has 23 heavy (non-hydrogen) atoms. The molecule has 1 aromatic heterocycles. The van der Waals surface area contributed by atoms with Gasteiger partial charge in [0.1, 0.15) is 11.3 Å². The van der Waals surface area contributed by atoms with Crippen LogP contribution in [-0.2, 0) is 4.79 Å². The fourth-order valence-corrected chi connectivity index (χ4v) is 2.74. The molecular weight excluding hydrogens is 312 g/mol. The van der Waals surface area contributed by atoms with Crippen molar-refractivity contribution < 1.29 is 9.21 Å². The topological polar surface area (TPSA) is 59.5 Å². The van der Waals surface area contributed by atoms with Crippen LogP contribution in [0.3, 0.4) is 0 Å². The van der Waals surface area contributed by atoms with Gasteiger partial charge in [-0.25, -0.2) is 0 Å². The standard InChI is InChI=1S/C18H26N2O2.ClH/c1-4-8-15(19)18(21)20(11-5-2)13(3)17-12-14-9-6-7-10-16(14)22-17;/h6-7,9-10,12-13,15H,4-5,8,11,19H2,1-3H3;1H. The van der Waals surface area contributed by atoms with E-state index in [1.165, 1.54) is 0 Å². The van der Waals surface area contributed by atoms with Gasteiger partial charge < -0.3 is 15.1 Å². The largest absolute Gasteiger partial charge is 0.459 e. The monoisotopic (exact) mass is 338 g/mol. The van der Waals surface area contributed by atoms with Gasteiger partial charge in [0.2, 0.25) is 5.91 Å². The van der Waals surface area contributed by atoms with Gasteiger partial charge >= 0.3 is 0 Å². The number of nitrogens with two attached hydrogens (primary N) is 1. The third-order valence-corrected chi connectivity index (χ3v) is 3.99. The molecular formula is C18H27ClN2O2. The van der Waals surface area contributed by atoms with E-state index in [4.69, 9.17) is 10.2 Å². The lowest BCUT2D eigenvalue weighted by molar-refractivity contribution is -0.135. The Morgan fingerprint density at radius 3 is 2.57 bits per heavy atom. The summed E-state index contributed by atoms with van der Waals surface area (Å²) in [7, 11) is 0. The number of halogens is 1. The van der Waals surface area contributed by atoms with E-state index in [-0.39, 0.29) is 24.4 Å². The molecule has 2 rings (SSSR count). The van der Waals surface area contributed by atoms with Crippen molar-refractivity contribution in [1.82, 2.24) is 4.90 Å². The molecule has 128 valence electrons. The van der Waals surface area contributed by atoms with Gasteiger partial charge in [0.15, 0.2) is 0 Å². The summed E-state index contributed by atoms with van der Waals surface area (Å²) in [6.45, 7) is 6.80. The van der Waals surface area contributed by atoms with Gasteiger partial charge in [-0.05, 0) is 31.9 Å². The number of hydrogen-bond donors (Lipinski definition) is 1. The van der Waals surface area contributed by atoms with Crippen molar-refractivity contribution in [3.05, 3.63) is 36.1 Å². The average molecular weight is 339 g/mol. The first-order chi connectivity index (χ1) is 10.6. The van der Waals surface area contributed by atoms with Crippen LogP contribution in [0, 0.1) is 0 Å². The van der Waals surface area contributed by atoms with Crippen molar-refractivity contribution in [3.63, 3.8) is 0 Å². The molecule has 0 aliphatic rings. The SMILES string of the molecule is CCCC(N)C(=O)N(CCC)C(C)c1cc2ccccc2o1.Cl. The van der Waals surface area contributed by atoms with E-state index < -0.39 is 6.04 Å². The number of para-hydroxylation sites is 1. The fourth-order valence-electron chi connectivity index (χ4n) is 2.74. The van der Waals surface area contributed by atoms with E-state index in [2.05, 4.69) is 6.92 Å². The normalized spacial score (nSPS) is 13.4. The minimum atomic E-state index is -0.427. The van der Waals surface area contributed by atoms with Crippen LogP contribution in [0.15, 0.2) is 34.7 Å². The highest BCUT2D eigenvalue weighted by Gasteiger charge is 2.27. The lowest BCUT2D eigenvalue weighted by atomic mass is 10.1. The Morgan fingerprint density at radius 1 is 1.26 bits per heavy atom. The minimum Gasteiger partial charge on any atom is -0.459 e. The van der Waals surface area contributed by atoms with Crippen LogP contribution in [0.25, 0.3) is 11.0 Å². The Hall–Kier alpha value is -1.52. The molecule has 0 aliphatic heterocycles. The second kappa shape index (κ2) is 8.94. The molecule has 1 amide bonds. The van der Waals surface area contributed by atoms with Gasteiger partial charge in [-0.3, -0.25) is 4.79 Å². The number of benzene rings is 1. The molecule has 2 atom stereocenters. The maximum atomic E-state index is 12.6. The number of nitrogens with zero attached hydrogens (tertiary/aromatic N) is 1. The van der Waals surface area contributed by atoms with Crippen LogP contribution in [-0.4, -0.2) is 23.4 Å². The van der Waals surface area contributed by atoms with E-state index >= 15 is 0 Å². The number of fused-ring (bicyclic) bond motifs is 1. The van der Waals surface area contributed by atoms with Gasteiger partial charge in [-0.1, -0.05) is 38.5 Å². The maximum absolute atomic E-state index is 12.6. The molecule has 0 bridgehead atoms. The van der Waals surface area contributed by atoms with Gasteiger partial charge in [0.25, 0.3) is 0 Å². The Labute approximate surface area is 144 Å². The molecule has 2 aromatic rings. The number of rotatable bonds is 7. The lowest BCUT2D eigenvalue weighted by Crippen LogP contribution is -2.45. The fraction of sp³-hybridized carbons (Fsp3) is 0.500. The smallest absolute Gasteiger partial charge is 0.240 e. The van der Waals surface area contributed by atoms with Crippen LogP contribution in [0.1, 0.15) is 51.8 Å². The molecule has 4 nitrogen and oxygen atoms in total. The van der Waals surface area contributed by atoms with Crippen LogP contribution < -0.4 is 5.73 Å². The Kier molecular flexibility index (Phi) is 7.59. The Bertz CT molecular complexity index is 593. The summed E-state index contributed by atoms with van der Waals surface area (Å²) < 4.78 is 5.91. The molecule has 0 aliphatic carbocycles. The molecule has 0 saturated heterocycles. The average Bonchev–Trinajstić information content (AvgIpc) is 2.95. The van der Waals surface area contributed by atoms with Crippen molar-refractivity contribution >= 4 is 29.3 Å². The van der Waals surface area contributed by atoms with Gasteiger partial charge in [-0.15, -0.1) is 12.4 Å². The first-order valence-electron chi connectivity index (χ1n) is 8.13. The number of hydrogen-bond acceptors (Lipinski definition) is 3. The summed E-state index contributed by atoms with van der Waals surface area (Å²) in [6, 6.07) is 9.38. The first kappa shape index (κ1) is 19.5. The summed E-state index contributed by atoms with van der Waals surface area (Å²) in [6.07, 6.45) is 2.52. The predicted octanol–water partition coefficient (Wildman–Crippen LogP) is 4.28. The van der Waals surface area contributed by atoms with Crippen molar-refractivity contribution in [1.29, 1.82) is 0 Å². The molecule has 0 fully saturated rings. The highest BCUT2D eigenvalue weighted by atomic mass is 35.5. The van der Waals surface area contributed by atoms with E-state index in [0.29, 0.717) is 13.0 Å².